The minimum absolute atomic E-state index is 0.0248. The summed E-state index contributed by atoms with van der Waals surface area (Å²) in [4.78, 5) is -0.0248. The fraction of sp³-hybridized carbons (Fsp3) is 0.538. The number of hydrogen-bond donors (Lipinski definition) is 2. The standard InChI is InChI=1S/C13H19Cl2NO3S/c1-7(2)11(6-17)16-20(18,19)13-9(4)10(14)5-8(3)12(13)15/h5,7,11,16-17H,6H2,1-4H3. The summed E-state index contributed by atoms with van der Waals surface area (Å²) in [5, 5.41) is 9.77. The highest BCUT2D eigenvalue weighted by atomic mass is 35.5. The van der Waals surface area contributed by atoms with Gasteiger partial charge in [0.1, 0.15) is 4.90 Å². The van der Waals surface area contributed by atoms with Crippen LogP contribution < -0.4 is 4.72 Å². The first-order valence-corrected chi connectivity index (χ1v) is 8.44. The van der Waals surface area contributed by atoms with Gasteiger partial charge in [-0.25, -0.2) is 13.1 Å². The smallest absolute Gasteiger partial charge is 0.242 e. The van der Waals surface area contributed by atoms with Gasteiger partial charge in [-0.2, -0.15) is 0 Å². The molecule has 0 bridgehead atoms. The SMILES string of the molecule is Cc1cc(Cl)c(C)c(S(=O)(=O)NC(CO)C(C)C)c1Cl. The molecule has 1 aromatic carbocycles. The molecule has 1 unspecified atom stereocenters. The molecule has 0 aliphatic carbocycles. The average molecular weight is 340 g/mol. The third kappa shape index (κ3) is 3.65. The summed E-state index contributed by atoms with van der Waals surface area (Å²) in [6.07, 6.45) is 0. The molecule has 0 saturated carbocycles. The predicted octanol–water partition coefficient (Wildman–Crippen LogP) is 2.91. The third-order valence-corrected chi connectivity index (χ3v) is 5.82. The van der Waals surface area contributed by atoms with E-state index in [1.807, 2.05) is 13.8 Å². The fourth-order valence-electron chi connectivity index (χ4n) is 1.78. The van der Waals surface area contributed by atoms with Crippen LogP contribution in [0.4, 0.5) is 0 Å². The van der Waals surface area contributed by atoms with E-state index in [2.05, 4.69) is 4.72 Å². The number of halogens is 2. The first kappa shape index (κ1) is 17.7. The van der Waals surface area contributed by atoms with Crippen LogP contribution >= 0.6 is 23.2 Å². The molecule has 2 N–H and O–H groups in total. The van der Waals surface area contributed by atoms with Gasteiger partial charge >= 0.3 is 0 Å². The lowest BCUT2D eigenvalue weighted by Gasteiger charge is -2.21. The van der Waals surface area contributed by atoms with E-state index < -0.39 is 16.1 Å². The molecule has 114 valence electrons. The molecule has 20 heavy (non-hydrogen) atoms. The van der Waals surface area contributed by atoms with Crippen LogP contribution in [0, 0.1) is 19.8 Å². The number of rotatable bonds is 5. The van der Waals surface area contributed by atoms with Crippen LogP contribution in [0.5, 0.6) is 0 Å². The van der Waals surface area contributed by atoms with Gasteiger partial charge < -0.3 is 5.11 Å². The van der Waals surface area contributed by atoms with Crippen LogP contribution in [0.2, 0.25) is 10.0 Å². The summed E-state index contributed by atoms with van der Waals surface area (Å²) in [5.41, 5.74) is 0.989. The Morgan fingerprint density at radius 3 is 2.30 bits per heavy atom. The second-order valence-corrected chi connectivity index (χ2v) is 7.53. The van der Waals surface area contributed by atoms with Crippen LogP contribution in [0.15, 0.2) is 11.0 Å². The number of nitrogens with one attached hydrogen (secondary N) is 1. The van der Waals surface area contributed by atoms with E-state index in [-0.39, 0.29) is 22.4 Å². The molecular formula is C13H19Cl2NO3S. The summed E-state index contributed by atoms with van der Waals surface area (Å²) >= 11 is 12.2. The van der Waals surface area contributed by atoms with Crippen LogP contribution in [0.1, 0.15) is 25.0 Å². The Morgan fingerprint density at radius 1 is 1.30 bits per heavy atom. The number of aliphatic hydroxyl groups is 1. The number of aliphatic hydroxyl groups excluding tert-OH is 1. The number of hydrogen-bond acceptors (Lipinski definition) is 3. The van der Waals surface area contributed by atoms with Gasteiger partial charge in [-0.15, -0.1) is 0 Å². The summed E-state index contributed by atoms with van der Waals surface area (Å²) in [6.45, 7) is 6.65. The van der Waals surface area contributed by atoms with Crippen molar-refractivity contribution in [3.05, 3.63) is 27.2 Å². The summed E-state index contributed by atoms with van der Waals surface area (Å²) < 4.78 is 27.4. The van der Waals surface area contributed by atoms with Gasteiger partial charge in [-0.1, -0.05) is 37.0 Å². The van der Waals surface area contributed by atoms with E-state index in [4.69, 9.17) is 23.2 Å². The Hall–Kier alpha value is -0.330. The Balaban J connectivity index is 3.36. The normalized spacial score (nSPS) is 13.8. The van der Waals surface area contributed by atoms with Crippen molar-refractivity contribution in [1.82, 2.24) is 4.72 Å². The molecule has 0 aromatic heterocycles. The molecule has 4 nitrogen and oxygen atoms in total. The molecule has 0 aliphatic heterocycles. The van der Waals surface area contributed by atoms with E-state index in [1.165, 1.54) is 0 Å². The molecular weight excluding hydrogens is 321 g/mol. The largest absolute Gasteiger partial charge is 0.395 e. The van der Waals surface area contributed by atoms with Crippen molar-refractivity contribution in [3.63, 3.8) is 0 Å². The number of sulfonamides is 1. The third-order valence-electron chi connectivity index (χ3n) is 3.16. The molecule has 7 heteroatoms. The molecule has 1 aromatic rings. The van der Waals surface area contributed by atoms with E-state index in [0.29, 0.717) is 16.1 Å². The summed E-state index contributed by atoms with van der Waals surface area (Å²) in [6, 6.07) is 1.05. The van der Waals surface area contributed by atoms with Crippen molar-refractivity contribution in [3.8, 4) is 0 Å². The Kier molecular flexibility index (Phi) is 5.87. The van der Waals surface area contributed by atoms with Crippen molar-refractivity contribution in [2.75, 3.05) is 6.61 Å². The highest BCUT2D eigenvalue weighted by molar-refractivity contribution is 7.89. The molecule has 0 aliphatic rings. The van der Waals surface area contributed by atoms with E-state index in [1.54, 1.807) is 19.9 Å². The van der Waals surface area contributed by atoms with Gasteiger partial charge in [-0.05, 0) is 37.0 Å². The lowest BCUT2D eigenvalue weighted by atomic mass is 10.1. The van der Waals surface area contributed by atoms with Crippen LogP contribution in [0.3, 0.4) is 0 Å². The Labute approximate surface area is 130 Å². The van der Waals surface area contributed by atoms with Crippen molar-refractivity contribution >= 4 is 33.2 Å². The van der Waals surface area contributed by atoms with Gasteiger partial charge in [0.2, 0.25) is 10.0 Å². The van der Waals surface area contributed by atoms with Crippen LogP contribution in [0.25, 0.3) is 0 Å². The highest BCUT2D eigenvalue weighted by Gasteiger charge is 2.27. The first-order chi connectivity index (χ1) is 9.11. The summed E-state index contributed by atoms with van der Waals surface area (Å²) in [7, 11) is -3.85. The molecule has 0 amide bonds. The van der Waals surface area contributed by atoms with Gasteiger partial charge in [-0.3, -0.25) is 0 Å². The van der Waals surface area contributed by atoms with E-state index >= 15 is 0 Å². The first-order valence-electron chi connectivity index (χ1n) is 6.20. The molecule has 1 rings (SSSR count). The van der Waals surface area contributed by atoms with Crippen LogP contribution in [-0.4, -0.2) is 26.2 Å². The highest BCUT2D eigenvalue weighted by Crippen LogP contribution is 2.33. The second-order valence-electron chi connectivity index (χ2n) is 5.10. The average Bonchev–Trinajstić information content (AvgIpc) is 2.33. The molecule has 0 radical (unpaired) electrons. The maximum absolute atomic E-state index is 12.5. The second kappa shape index (κ2) is 6.62. The zero-order valence-electron chi connectivity index (χ0n) is 11.9. The molecule has 0 heterocycles. The maximum atomic E-state index is 12.5. The maximum Gasteiger partial charge on any atom is 0.242 e. The van der Waals surface area contributed by atoms with E-state index in [9.17, 15) is 13.5 Å². The van der Waals surface area contributed by atoms with Gasteiger partial charge in [0, 0.05) is 11.1 Å². The minimum atomic E-state index is -3.85. The van der Waals surface area contributed by atoms with Crippen molar-refractivity contribution < 1.29 is 13.5 Å². The van der Waals surface area contributed by atoms with E-state index in [0.717, 1.165) is 0 Å². The predicted molar refractivity (Wildman–Crippen MR) is 82.0 cm³/mol. The van der Waals surface area contributed by atoms with Gasteiger partial charge in [0.25, 0.3) is 0 Å². The zero-order chi connectivity index (χ0) is 15.7. The number of aryl methyl sites for hydroxylation is 1. The molecule has 0 saturated heterocycles. The van der Waals surface area contributed by atoms with Gasteiger partial charge in [0.05, 0.1) is 11.6 Å². The number of benzene rings is 1. The molecule has 1 atom stereocenters. The van der Waals surface area contributed by atoms with Crippen molar-refractivity contribution in [2.45, 2.75) is 38.6 Å². The Bertz CT molecular complexity index is 574. The lowest BCUT2D eigenvalue weighted by molar-refractivity contribution is 0.227. The van der Waals surface area contributed by atoms with Crippen LogP contribution in [-0.2, 0) is 10.0 Å². The molecule has 0 spiro atoms. The minimum Gasteiger partial charge on any atom is -0.395 e. The lowest BCUT2D eigenvalue weighted by Crippen LogP contribution is -2.41. The quantitative estimate of drug-likeness (QED) is 0.866. The zero-order valence-corrected chi connectivity index (χ0v) is 14.2. The Morgan fingerprint density at radius 2 is 1.85 bits per heavy atom. The van der Waals surface area contributed by atoms with Gasteiger partial charge in [0.15, 0.2) is 0 Å². The van der Waals surface area contributed by atoms with Crippen molar-refractivity contribution in [1.29, 1.82) is 0 Å². The topological polar surface area (TPSA) is 66.4 Å². The van der Waals surface area contributed by atoms with Crippen molar-refractivity contribution in [2.24, 2.45) is 5.92 Å². The monoisotopic (exact) mass is 339 g/mol. The molecule has 0 fully saturated rings. The summed E-state index contributed by atoms with van der Waals surface area (Å²) in [5.74, 6) is -0.0471. The fourth-order valence-corrected chi connectivity index (χ4v) is 4.36.